The first-order valence-corrected chi connectivity index (χ1v) is 12.4. The van der Waals surface area contributed by atoms with E-state index in [1.807, 2.05) is 79.7 Å². The molecule has 0 spiro atoms. The Morgan fingerprint density at radius 2 is 1.75 bits per heavy atom. The molecule has 0 aliphatic heterocycles. The van der Waals surface area contributed by atoms with Gasteiger partial charge in [-0.15, -0.1) is 10.2 Å². The zero-order chi connectivity index (χ0) is 24.3. The van der Waals surface area contributed by atoms with E-state index in [4.69, 9.17) is 4.74 Å². The molecule has 6 aromatic rings. The molecule has 0 fully saturated rings. The summed E-state index contributed by atoms with van der Waals surface area (Å²) in [6.45, 7) is 2.04. The highest BCUT2D eigenvalue weighted by Crippen LogP contribution is 2.31. The van der Waals surface area contributed by atoms with E-state index in [0.717, 1.165) is 55.6 Å². The Balaban J connectivity index is 1.16. The quantitative estimate of drug-likeness (QED) is 0.256. The molecule has 2 N–H and O–H groups in total. The average molecular weight is 492 g/mol. The molecule has 0 aliphatic carbocycles. The fourth-order valence-corrected chi connectivity index (χ4v) is 4.82. The molecule has 0 saturated carbocycles. The topological polar surface area (TPSA) is 105 Å². The lowest BCUT2D eigenvalue weighted by Crippen LogP contribution is -1.96. The van der Waals surface area contributed by atoms with Crippen LogP contribution in [0.3, 0.4) is 0 Å². The predicted molar refractivity (Wildman–Crippen MR) is 140 cm³/mol. The molecule has 0 atom stereocenters. The summed E-state index contributed by atoms with van der Waals surface area (Å²) >= 11 is 1.63. The second-order valence-corrected chi connectivity index (χ2v) is 9.14. The van der Waals surface area contributed by atoms with Crippen molar-refractivity contribution in [2.24, 2.45) is 0 Å². The molecule has 0 radical (unpaired) electrons. The predicted octanol–water partition coefficient (Wildman–Crippen LogP) is 6.20. The van der Waals surface area contributed by atoms with Gasteiger partial charge in [-0.3, -0.25) is 4.98 Å². The Labute approximate surface area is 211 Å². The van der Waals surface area contributed by atoms with Crippen LogP contribution in [0, 0.1) is 6.92 Å². The lowest BCUT2D eigenvalue weighted by Gasteiger charge is -2.12. The molecule has 9 heteroatoms. The van der Waals surface area contributed by atoms with Crippen LogP contribution in [0.15, 0.2) is 90.2 Å². The zero-order valence-electron chi connectivity index (χ0n) is 19.3. The van der Waals surface area contributed by atoms with Gasteiger partial charge in [0, 0.05) is 23.1 Å². The van der Waals surface area contributed by atoms with Crippen LogP contribution in [0.2, 0.25) is 0 Å². The van der Waals surface area contributed by atoms with Crippen molar-refractivity contribution in [1.82, 2.24) is 35.6 Å². The van der Waals surface area contributed by atoms with E-state index >= 15 is 0 Å². The second-order valence-electron chi connectivity index (χ2n) is 8.17. The molecular formula is C27H21N7OS. The van der Waals surface area contributed by atoms with Crippen molar-refractivity contribution < 1.29 is 4.74 Å². The zero-order valence-corrected chi connectivity index (χ0v) is 20.2. The van der Waals surface area contributed by atoms with E-state index in [-0.39, 0.29) is 0 Å². The van der Waals surface area contributed by atoms with Crippen molar-refractivity contribution in [3.8, 4) is 34.0 Å². The summed E-state index contributed by atoms with van der Waals surface area (Å²) < 4.78 is 6.22. The van der Waals surface area contributed by atoms with Gasteiger partial charge < -0.3 is 9.72 Å². The van der Waals surface area contributed by atoms with Crippen LogP contribution in [0.4, 0.5) is 0 Å². The molecule has 3 heterocycles. The smallest absolute Gasteiger partial charge is 0.204 e. The van der Waals surface area contributed by atoms with Gasteiger partial charge in [0.1, 0.15) is 11.5 Å². The number of thioether (sulfide) groups is 1. The molecule has 36 heavy (non-hydrogen) atoms. The summed E-state index contributed by atoms with van der Waals surface area (Å²) in [6, 6.07) is 26.0. The highest BCUT2D eigenvalue weighted by Gasteiger charge is 2.11. The first kappa shape index (κ1) is 22.0. The van der Waals surface area contributed by atoms with Crippen LogP contribution >= 0.6 is 11.8 Å². The number of para-hydroxylation sites is 2. The Morgan fingerprint density at radius 1 is 0.889 bits per heavy atom. The van der Waals surface area contributed by atoms with Crippen molar-refractivity contribution in [2.75, 3.05) is 0 Å². The number of ether oxygens (including phenoxy) is 1. The maximum Gasteiger partial charge on any atom is 0.204 e. The minimum atomic E-state index is 0.569. The van der Waals surface area contributed by atoms with E-state index < -0.39 is 0 Å². The fourth-order valence-electron chi connectivity index (χ4n) is 3.91. The number of benzene rings is 3. The minimum absolute atomic E-state index is 0.569. The van der Waals surface area contributed by atoms with Gasteiger partial charge in [0.05, 0.1) is 16.7 Å². The lowest BCUT2D eigenvalue weighted by molar-refractivity contribution is 0.477. The van der Waals surface area contributed by atoms with Gasteiger partial charge in [0.15, 0.2) is 5.16 Å². The average Bonchev–Trinajstić information content (AvgIpc) is 3.60. The molecule has 0 aliphatic rings. The van der Waals surface area contributed by atoms with Gasteiger partial charge in [0.25, 0.3) is 0 Å². The minimum Gasteiger partial charge on any atom is -0.457 e. The molecule has 3 aromatic carbocycles. The summed E-state index contributed by atoms with van der Waals surface area (Å²) in [5.74, 6) is 2.81. The summed E-state index contributed by atoms with van der Waals surface area (Å²) in [4.78, 5) is 12.6. The van der Waals surface area contributed by atoms with E-state index in [1.54, 1.807) is 18.0 Å². The van der Waals surface area contributed by atoms with E-state index in [0.29, 0.717) is 11.6 Å². The van der Waals surface area contributed by atoms with Crippen molar-refractivity contribution >= 4 is 22.8 Å². The van der Waals surface area contributed by atoms with Crippen LogP contribution in [0.1, 0.15) is 11.3 Å². The molecule has 3 aromatic heterocycles. The maximum absolute atomic E-state index is 6.22. The number of fused-ring (bicyclic) bond motifs is 1. The van der Waals surface area contributed by atoms with Crippen LogP contribution in [-0.2, 0) is 5.75 Å². The molecule has 8 nitrogen and oxygen atoms in total. The van der Waals surface area contributed by atoms with Gasteiger partial charge in [-0.1, -0.05) is 54.2 Å². The summed E-state index contributed by atoms with van der Waals surface area (Å²) in [5.41, 5.74) is 7.02. The third kappa shape index (κ3) is 4.56. The van der Waals surface area contributed by atoms with Crippen LogP contribution in [0.25, 0.3) is 33.5 Å². The molecule has 0 unspecified atom stereocenters. The third-order valence-corrected chi connectivity index (χ3v) is 6.74. The number of hydrogen-bond donors (Lipinski definition) is 2. The summed E-state index contributed by atoms with van der Waals surface area (Å²) in [6.07, 6.45) is 1.79. The standard InChI is InChI=1S/C27H21N7OS/c1-17-24(16-36-27-29-22-7-2-3-8-23(22)30-27)28-14-13-25(17)35-21-11-9-18(10-12-21)19-5-4-6-20(15-19)26-31-33-34-32-26/h2-15H,16H2,1H3,(H,29,30)(H,31,32,33,34). The van der Waals surface area contributed by atoms with Gasteiger partial charge in [-0.2, -0.15) is 5.21 Å². The number of pyridine rings is 1. The van der Waals surface area contributed by atoms with Gasteiger partial charge in [0.2, 0.25) is 5.82 Å². The monoisotopic (exact) mass is 491 g/mol. The van der Waals surface area contributed by atoms with Crippen molar-refractivity contribution in [3.05, 3.63) is 96.3 Å². The molecule has 0 bridgehead atoms. The number of aromatic amines is 2. The number of nitrogens with one attached hydrogen (secondary N) is 2. The van der Waals surface area contributed by atoms with E-state index in [2.05, 4.69) is 41.6 Å². The highest BCUT2D eigenvalue weighted by atomic mass is 32.2. The SMILES string of the molecule is Cc1c(Oc2ccc(-c3cccc(-c4nn[nH]n4)c3)cc2)ccnc1CSc1nc2ccccc2[nH]1. The molecular weight excluding hydrogens is 470 g/mol. The Hall–Kier alpha value is -4.50. The Morgan fingerprint density at radius 3 is 2.58 bits per heavy atom. The number of hydrogen-bond acceptors (Lipinski definition) is 7. The van der Waals surface area contributed by atoms with Gasteiger partial charge in [-0.25, -0.2) is 4.98 Å². The number of H-pyrrole nitrogens is 2. The molecule has 176 valence electrons. The summed E-state index contributed by atoms with van der Waals surface area (Å²) in [5, 5.41) is 15.1. The lowest BCUT2D eigenvalue weighted by atomic mass is 10.0. The summed E-state index contributed by atoms with van der Waals surface area (Å²) in [7, 11) is 0. The third-order valence-electron chi connectivity index (χ3n) is 5.85. The normalized spacial score (nSPS) is 11.1. The van der Waals surface area contributed by atoms with Crippen LogP contribution in [0.5, 0.6) is 11.5 Å². The number of imidazole rings is 1. The largest absolute Gasteiger partial charge is 0.457 e. The van der Waals surface area contributed by atoms with E-state index in [1.165, 1.54) is 0 Å². The van der Waals surface area contributed by atoms with Crippen molar-refractivity contribution in [2.45, 2.75) is 17.8 Å². The highest BCUT2D eigenvalue weighted by molar-refractivity contribution is 7.98. The van der Waals surface area contributed by atoms with Gasteiger partial charge >= 0.3 is 0 Å². The van der Waals surface area contributed by atoms with Crippen molar-refractivity contribution in [1.29, 1.82) is 0 Å². The maximum atomic E-state index is 6.22. The molecule has 0 amide bonds. The number of tetrazole rings is 1. The van der Waals surface area contributed by atoms with Gasteiger partial charge in [-0.05, 0) is 59.7 Å². The Bertz CT molecular complexity index is 1600. The van der Waals surface area contributed by atoms with Crippen molar-refractivity contribution in [3.63, 3.8) is 0 Å². The van der Waals surface area contributed by atoms with E-state index in [9.17, 15) is 0 Å². The number of nitrogens with zero attached hydrogens (tertiary/aromatic N) is 5. The Kier molecular flexibility index (Phi) is 5.88. The number of aromatic nitrogens is 7. The molecule has 0 saturated heterocycles. The van der Waals surface area contributed by atoms with Crippen LogP contribution in [-0.4, -0.2) is 35.6 Å². The molecule has 6 rings (SSSR count). The number of rotatable bonds is 7. The first-order chi connectivity index (χ1) is 17.7. The second kappa shape index (κ2) is 9.63. The fraction of sp³-hybridized carbons (Fsp3) is 0.0741. The first-order valence-electron chi connectivity index (χ1n) is 11.4. The van der Waals surface area contributed by atoms with Crippen LogP contribution < -0.4 is 4.74 Å².